The van der Waals surface area contributed by atoms with Gasteiger partial charge in [-0.15, -0.1) is 0 Å². The SMILES string of the molecule is C=C(C)[C@@H]1CC[C@]2(C(=O)NCCCCCCCNC(=O)c3cc(O)c(O)c(O)c3)CC[C@]3(C)C(CCC4[C@@]5(C)CC[C@H](OC(C)=O)C(C)(C)C5CC[C@]43C)C12. The Morgan fingerprint density at radius 3 is 2.02 bits per heavy atom. The van der Waals surface area contributed by atoms with Gasteiger partial charge in [-0.2, -0.15) is 0 Å². The summed E-state index contributed by atoms with van der Waals surface area (Å²) in [6.45, 7) is 22.0. The van der Waals surface area contributed by atoms with E-state index in [1.54, 1.807) is 6.92 Å². The molecule has 0 aromatic heterocycles. The number of hydrogen-bond donors (Lipinski definition) is 5. The van der Waals surface area contributed by atoms with Gasteiger partial charge in [0.15, 0.2) is 17.2 Å². The standard InChI is InChI=1S/C46H70N2O7/c1-28(2)31-16-21-46(41(54)48-25-13-11-9-10-12-24-47-40(53)30-26-33(50)39(52)34(51)27-30)23-22-44(7)32(38(31)46)14-15-36-43(6)19-18-37(55-29(3)49)42(4,5)35(43)17-20-45(36,44)8/h26-27,31-32,35-38,50-52H,1,9-25H2,2-8H3,(H,47,53)(H,48,54)/t31-,32?,35?,36?,37-,38?,43-,44+,45+,46-/m0/s1. The zero-order valence-electron chi connectivity index (χ0n) is 34.8. The second kappa shape index (κ2) is 15.3. The molecule has 1 aromatic rings. The molecule has 55 heavy (non-hydrogen) atoms. The molecule has 9 heteroatoms. The van der Waals surface area contributed by atoms with E-state index in [1.807, 2.05) is 0 Å². The lowest BCUT2D eigenvalue weighted by Crippen LogP contribution is -2.67. The molecule has 0 radical (unpaired) electrons. The van der Waals surface area contributed by atoms with E-state index in [2.05, 4.69) is 58.8 Å². The van der Waals surface area contributed by atoms with Crippen LogP contribution in [0, 0.1) is 56.7 Å². The molecule has 5 fully saturated rings. The number of unbranched alkanes of at least 4 members (excludes halogenated alkanes) is 4. The average molecular weight is 763 g/mol. The summed E-state index contributed by atoms with van der Waals surface area (Å²) in [5.74, 6) is 0.319. The third-order valence-electron chi connectivity index (χ3n) is 17.0. The zero-order valence-corrected chi connectivity index (χ0v) is 34.8. The van der Waals surface area contributed by atoms with Gasteiger partial charge in [-0.25, -0.2) is 0 Å². The molecular weight excluding hydrogens is 693 g/mol. The van der Waals surface area contributed by atoms with Crippen LogP contribution in [0.5, 0.6) is 17.2 Å². The Morgan fingerprint density at radius 2 is 1.38 bits per heavy atom. The number of phenols is 3. The molecule has 4 unspecified atom stereocenters. The number of esters is 1. The van der Waals surface area contributed by atoms with Gasteiger partial charge in [-0.05, 0) is 142 Å². The van der Waals surface area contributed by atoms with Crippen LogP contribution in [0.1, 0.15) is 155 Å². The number of carbonyl (C=O) groups is 3. The van der Waals surface area contributed by atoms with Crippen molar-refractivity contribution < 1.29 is 34.4 Å². The van der Waals surface area contributed by atoms with Crippen molar-refractivity contribution in [1.29, 1.82) is 0 Å². The fourth-order valence-corrected chi connectivity index (χ4v) is 14.1. The zero-order chi connectivity index (χ0) is 40.1. The number of rotatable bonds is 12. The van der Waals surface area contributed by atoms with E-state index in [0.29, 0.717) is 42.7 Å². The van der Waals surface area contributed by atoms with E-state index < -0.39 is 23.2 Å². The Bertz CT molecular complexity index is 1630. The maximum Gasteiger partial charge on any atom is 0.302 e. The van der Waals surface area contributed by atoms with Crippen molar-refractivity contribution in [2.45, 2.75) is 151 Å². The van der Waals surface area contributed by atoms with Crippen molar-refractivity contribution in [1.82, 2.24) is 10.6 Å². The lowest BCUT2D eigenvalue weighted by Gasteiger charge is -2.72. The molecule has 0 heterocycles. The summed E-state index contributed by atoms with van der Waals surface area (Å²) in [7, 11) is 0. The lowest BCUT2D eigenvalue weighted by molar-refractivity contribution is -0.248. The molecule has 9 nitrogen and oxygen atoms in total. The monoisotopic (exact) mass is 763 g/mol. The highest BCUT2D eigenvalue weighted by Gasteiger charge is 2.72. The molecule has 306 valence electrons. The van der Waals surface area contributed by atoms with E-state index >= 15 is 0 Å². The molecule has 0 aliphatic heterocycles. The number of amides is 2. The highest BCUT2D eigenvalue weighted by molar-refractivity contribution is 5.95. The normalized spacial score (nSPS) is 37.4. The quantitative estimate of drug-likeness (QED) is 0.0618. The van der Waals surface area contributed by atoms with Gasteiger partial charge in [0.2, 0.25) is 5.91 Å². The smallest absolute Gasteiger partial charge is 0.302 e. The van der Waals surface area contributed by atoms with Crippen molar-refractivity contribution in [3.63, 3.8) is 0 Å². The lowest BCUT2D eigenvalue weighted by atomic mass is 9.32. The molecule has 6 rings (SSSR count). The highest BCUT2D eigenvalue weighted by Crippen LogP contribution is 2.77. The number of allylic oxidation sites excluding steroid dienone is 1. The van der Waals surface area contributed by atoms with Gasteiger partial charge in [0.25, 0.3) is 5.91 Å². The molecule has 0 spiro atoms. The molecular formula is C46H70N2O7. The number of hydrogen-bond acceptors (Lipinski definition) is 7. The Labute approximate surface area is 329 Å². The summed E-state index contributed by atoms with van der Waals surface area (Å²) in [5.41, 5.74) is 1.50. The van der Waals surface area contributed by atoms with Crippen molar-refractivity contribution in [3.05, 3.63) is 29.8 Å². The Hall–Kier alpha value is -3.23. The summed E-state index contributed by atoms with van der Waals surface area (Å²) in [6.07, 6.45) is 15.5. The topological polar surface area (TPSA) is 145 Å². The first-order valence-electron chi connectivity index (χ1n) is 21.5. The van der Waals surface area contributed by atoms with E-state index in [9.17, 15) is 29.7 Å². The molecule has 0 saturated heterocycles. The first-order valence-corrected chi connectivity index (χ1v) is 21.5. The molecule has 5 aliphatic carbocycles. The van der Waals surface area contributed by atoms with Crippen LogP contribution in [0.2, 0.25) is 0 Å². The van der Waals surface area contributed by atoms with Gasteiger partial charge < -0.3 is 30.7 Å². The summed E-state index contributed by atoms with van der Waals surface area (Å²) >= 11 is 0. The van der Waals surface area contributed by atoms with Crippen LogP contribution in [-0.2, 0) is 14.3 Å². The number of benzene rings is 1. The average Bonchev–Trinajstić information content (AvgIpc) is 3.52. The van der Waals surface area contributed by atoms with Crippen LogP contribution in [-0.4, -0.2) is 52.3 Å². The van der Waals surface area contributed by atoms with Crippen LogP contribution in [0.3, 0.4) is 0 Å². The van der Waals surface area contributed by atoms with E-state index in [-0.39, 0.29) is 50.6 Å². The fourth-order valence-electron chi connectivity index (χ4n) is 14.1. The molecule has 5 saturated carbocycles. The summed E-state index contributed by atoms with van der Waals surface area (Å²) in [5, 5.41) is 35.1. The molecule has 1 aromatic carbocycles. The van der Waals surface area contributed by atoms with Crippen LogP contribution in [0.15, 0.2) is 24.3 Å². The van der Waals surface area contributed by atoms with Crippen LogP contribution in [0.4, 0.5) is 0 Å². The first-order chi connectivity index (χ1) is 25.8. The first kappa shape index (κ1) is 41.4. The number of aromatic hydroxyl groups is 3. The fraction of sp³-hybridized carbons (Fsp3) is 0.761. The van der Waals surface area contributed by atoms with Crippen molar-refractivity contribution in [3.8, 4) is 17.2 Å². The maximum absolute atomic E-state index is 14.5. The Balaban J connectivity index is 1.05. The second-order valence-corrected chi connectivity index (χ2v) is 19.9. The molecule has 2 amide bonds. The van der Waals surface area contributed by atoms with Gasteiger partial charge in [-0.3, -0.25) is 14.4 Å². The van der Waals surface area contributed by atoms with Gasteiger partial charge in [0.05, 0.1) is 5.41 Å². The van der Waals surface area contributed by atoms with Crippen molar-refractivity contribution >= 4 is 17.8 Å². The van der Waals surface area contributed by atoms with Crippen LogP contribution in [0.25, 0.3) is 0 Å². The molecule has 5 aliphatic rings. The molecule has 5 N–H and O–H groups in total. The molecule has 10 atom stereocenters. The summed E-state index contributed by atoms with van der Waals surface area (Å²) in [4.78, 5) is 38.9. The van der Waals surface area contributed by atoms with Gasteiger partial charge in [0.1, 0.15) is 6.10 Å². The van der Waals surface area contributed by atoms with Gasteiger partial charge in [-0.1, -0.05) is 66.0 Å². The third kappa shape index (κ3) is 6.95. The van der Waals surface area contributed by atoms with Crippen molar-refractivity contribution in [2.24, 2.45) is 56.7 Å². The summed E-state index contributed by atoms with van der Waals surface area (Å²) in [6, 6.07) is 2.27. The van der Waals surface area contributed by atoms with Crippen LogP contribution < -0.4 is 10.6 Å². The van der Waals surface area contributed by atoms with E-state index in [0.717, 1.165) is 82.8 Å². The minimum Gasteiger partial charge on any atom is -0.504 e. The minimum atomic E-state index is -0.639. The van der Waals surface area contributed by atoms with Gasteiger partial charge >= 0.3 is 5.97 Å². The third-order valence-corrected chi connectivity index (χ3v) is 17.0. The number of carbonyl (C=O) groups excluding carboxylic acids is 3. The maximum atomic E-state index is 14.5. The Morgan fingerprint density at radius 1 is 0.745 bits per heavy atom. The predicted octanol–water partition coefficient (Wildman–Crippen LogP) is 9.19. The second-order valence-electron chi connectivity index (χ2n) is 19.9. The highest BCUT2D eigenvalue weighted by atomic mass is 16.5. The number of ether oxygens (including phenoxy) is 1. The van der Waals surface area contributed by atoms with Crippen molar-refractivity contribution in [2.75, 3.05) is 13.1 Å². The molecule has 0 bridgehead atoms. The van der Waals surface area contributed by atoms with E-state index in [4.69, 9.17) is 4.74 Å². The summed E-state index contributed by atoms with van der Waals surface area (Å²) < 4.78 is 5.96. The number of nitrogens with one attached hydrogen (secondary N) is 2. The largest absolute Gasteiger partial charge is 0.504 e. The Kier molecular flexibility index (Phi) is 11.5. The predicted molar refractivity (Wildman–Crippen MR) is 214 cm³/mol. The minimum absolute atomic E-state index is 0.0179. The van der Waals surface area contributed by atoms with Gasteiger partial charge in [0, 0.05) is 31.0 Å². The van der Waals surface area contributed by atoms with Crippen LogP contribution >= 0.6 is 0 Å². The number of phenolic OH excluding ortho intramolecular Hbond substituents is 3. The van der Waals surface area contributed by atoms with E-state index in [1.165, 1.54) is 31.3 Å². The number of fused-ring (bicyclic) bond motifs is 7.